The second kappa shape index (κ2) is 3.26. The first-order valence-corrected chi connectivity index (χ1v) is 2.43. The third kappa shape index (κ3) is 1.79. The van der Waals surface area contributed by atoms with Crippen LogP contribution in [0.3, 0.4) is 0 Å². The number of aliphatic hydroxyl groups excluding tert-OH is 1. The Balaban J connectivity index is 3.63. The number of hydrogen-bond acceptors (Lipinski definition) is 3. The summed E-state index contributed by atoms with van der Waals surface area (Å²) < 4.78 is 0. The van der Waals surface area contributed by atoms with Crippen molar-refractivity contribution < 1.29 is 5.11 Å². The lowest BCUT2D eigenvalue weighted by molar-refractivity contribution is 0.235. The normalized spacial score (nSPS) is 16.0. The molecule has 0 aromatic carbocycles. The van der Waals surface area contributed by atoms with Crippen LogP contribution in [0.25, 0.3) is 0 Å². The number of nitrogens with zero attached hydrogens (tertiary/aromatic N) is 1. The van der Waals surface area contributed by atoms with E-state index in [0.29, 0.717) is 6.42 Å². The van der Waals surface area contributed by atoms with Gasteiger partial charge in [-0.2, -0.15) is 5.10 Å². The summed E-state index contributed by atoms with van der Waals surface area (Å²) in [4.78, 5) is 0. The van der Waals surface area contributed by atoms with E-state index in [0.717, 1.165) is 0 Å². The van der Waals surface area contributed by atoms with E-state index in [1.54, 1.807) is 6.92 Å². The summed E-state index contributed by atoms with van der Waals surface area (Å²) in [6.45, 7) is 1.79. The molecule has 0 spiro atoms. The fourth-order valence-electron chi connectivity index (χ4n) is 0.295. The molecule has 0 aliphatic carbocycles. The van der Waals surface area contributed by atoms with Gasteiger partial charge in [0.15, 0.2) is 0 Å². The number of aliphatic hydroxyl groups is 1. The zero-order valence-corrected chi connectivity index (χ0v) is 4.83. The molecule has 48 valence electrons. The van der Waals surface area contributed by atoms with E-state index in [1.165, 1.54) is 0 Å². The van der Waals surface area contributed by atoms with Crippen molar-refractivity contribution in [2.45, 2.75) is 19.4 Å². The van der Waals surface area contributed by atoms with Gasteiger partial charge in [0.2, 0.25) is 0 Å². The first kappa shape index (κ1) is 7.23. The summed E-state index contributed by atoms with van der Waals surface area (Å²) >= 11 is 0. The molecule has 0 saturated carbocycles. The number of nitrogens with two attached hydrogens (primary N) is 2. The van der Waals surface area contributed by atoms with Crippen LogP contribution in [0.15, 0.2) is 5.10 Å². The minimum atomic E-state index is -0.681. The van der Waals surface area contributed by atoms with Crippen molar-refractivity contribution in [1.82, 2.24) is 0 Å². The first-order valence-electron chi connectivity index (χ1n) is 2.43. The van der Waals surface area contributed by atoms with Gasteiger partial charge in [0, 0.05) is 0 Å². The Labute approximate surface area is 48.2 Å². The van der Waals surface area contributed by atoms with Crippen LogP contribution >= 0.6 is 0 Å². The molecule has 0 aliphatic heterocycles. The first-order chi connectivity index (χ1) is 3.72. The zero-order chi connectivity index (χ0) is 6.57. The molecule has 0 aromatic rings. The average Bonchev–Trinajstić information content (AvgIpc) is 1.84. The van der Waals surface area contributed by atoms with Gasteiger partial charge in [0.05, 0.1) is 0 Å². The highest BCUT2D eigenvalue weighted by atomic mass is 16.3. The summed E-state index contributed by atoms with van der Waals surface area (Å²) in [5, 5.41) is 11.9. The molecule has 0 aromatic heterocycles. The third-order valence-corrected chi connectivity index (χ3v) is 0.877. The number of rotatable bonds is 2. The summed E-state index contributed by atoms with van der Waals surface area (Å²) in [6, 6.07) is 0. The molecule has 1 unspecified atom stereocenters. The molecule has 0 rings (SSSR count). The molecule has 0 saturated heterocycles. The molecular weight excluding hydrogens is 106 g/mol. The van der Waals surface area contributed by atoms with Crippen molar-refractivity contribution >= 4 is 5.84 Å². The lowest BCUT2D eigenvalue weighted by Crippen LogP contribution is -2.29. The van der Waals surface area contributed by atoms with Crippen molar-refractivity contribution in [2.75, 3.05) is 0 Å². The second-order valence-corrected chi connectivity index (χ2v) is 1.48. The van der Waals surface area contributed by atoms with E-state index in [2.05, 4.69) is 5.10 Å². The smallest absolute Gasteiger partial charge is 0.148 e. The number of amidine groups is 1. The Kier molecular flexibility index (Phi) is 2.95. The van der Waals surface area contributed by atoms with Crippen LogP contribution in [-0.2, 0) is 0 Å². The highest BCUT2D eigenvalue weighted by Crippen LogP contribution is 1.86. The molecular formula is C4H11N3O. The van der Waals surface area contributed by atoms with Crippen LogP contribution in [0.4, 0.5) is 0 Å². The van der Waals surface area contributed by atoms with Crippen molar-refractivity contribution in [3.8, 4) is 0 Å². The maximum atomic E-state index is 8.79. The Morgan fingerprint density at radius 1 is 1.88 bits per heavy atom. The SMILES string of the molecule is CCC(O)/C(N)=N/N. The lowest BCUT2D eigenvalue weighted by atomic mass is 10.3. The van der Waals surface area contributed by atoms with Crippen LogP contribution in [0.5, 0.6) is 0 Å². The molecule has 0 amide bonds. The van der Waals surface area contributed by atoms with Gasteiger partial charge in [-0.15, -0.1) is 0 Å². The van der Waals surface area contributed by atoms with Crippen LogP contribution in [-0.4, -0.2) is 17.0 Å². The van der Waals surface area contributed by atoms with Gasteiger partial charge in [-0.05, 0) is 6.42 Å². The Morgan fingerprint density at radius 3 is 2.50 bits per heavy atom. The minimum Gasteiger partial charge on any atom is -0.385 e. The molecule has 8 heavy (non-hydrogen) atoms. The van der Waals surface area contributed by atoms with Gasteiger partial charge < -0.3 is 16.7 Å². The number of hydrazone groups is 1. The van der Waals surface area contributed by atoms with Crippen molar-refractivity contribution in [3.05, 3.63) is 0 Å². The van der Waals surface area contributed by atoms with Gasteiger partial charge in [0.1, 0.15) is 11.9 Å². The summed E-state index contributed by atoms with van der Waals surface area (Å²) in [5.41, 5.74) is 5.10. The van der Waals surface area contributed by atoms with Gasteiger partial charge in [0.25, 0.3) is 0 Å². The van der Waals surface area contributed by atoms with Crippen molar-refractivity contribution in [2.24, 2.45) is 16.7 Å². The highest BCUT2D eigenvalue weighted by molar-refractivity contribution is 5.84. The highest BCUT2D eigenvalue weighted by Gasteiger charge is 2.02. The Hall–Kier alpha value is -0.770. The molecule has 1 atom stereocenters. The lowest BCUT2D eigenvalue weighted by Gasteiger charge is -2.02. The van der Waals surface area contributed by atoms with Gasteiger partial charge in [-0.3, -0.25) is 0 Å². The van der Waals surface area contributed by atoms with E-state index >= 15 is 0 Å². The van der Waals surface area contributed by atoms with Gasteiger partial charge in [-0.25, -0.2) is 0 Å². The fraction of sp³-hybridized carbons (Fsp3) is 0.750. The summed E-state index contributed by atoms with van der Waals surface area (Å²) in [6.07, 6.45) is -0.132. The van der Waals surface area contributed by atoms with Gasteiger partial charge >= 0.3 is 0 Å². The predicted octanol–water partition coefficient (Wildman–Crippen LogP) is -1.01. The molecule has 0 aliphatic rings. The Bertz CT molecular complexity index is 91.3. The molecule has 5 N–H and O–H groups in total. The summed E-state index contributed by atoms with van der Waals surface area (Å²) in [5.74, 6) is 4.84. The molecule has 0 heterocycles. The van der Waals surface area contributed by atoms with Crippen LogP contribution in [0, 0.1) is 0 Å². The minimum absolute atomic E-state index is 0.0903. The van der Waals surface area contributed by atoms with E-state index < -0.39 is 6.10 Å². The molecule has 0 radical (unpaired) electrons. The van der Waals surface area contributed by atoms with Crippen LogP contribution in [0.1, 0.15) is 13.3 Å². The van der Waals surface area contributed by atoms with Crippen molar-refractivity contribution in [3.63, 3.8) is 0 Å². The van der Waals surface area contributed by atoms with E-state index in [1.807, 2.05) is 0 Å². The largest absolute Gasteiger partial charge is 0.385 e. The maximum Gasteiger partial charge on any atom is 0.148 e. The number of hydrogen-bond donors (Lipinski definition) is 3. The topological polar surface area (TPSA) is 84.6 Å². The van der Waals surface area contributed by atoms with E-state index in [9.17, 15) is 0 Å². The third-order valence-electron chi connectivity index (χ3n) is 0.877. The predicted molar refractivity (Wildman–Crippen MR) is 32.1 cm³/mol. The maximum absolute atomic E-state index is 8.79. The van der Waals surface area contributed by atoms with E-state index in [-0.39, 0.29) is 5.84 Å². The fourth-order valence-corrected chi connectivity index (χ4v) is 0.295. The van der Waals surface area contributed by atoms with Crippen LogP contribution in [0.2, 0.25) is 0 Å². The second-order valence-electron chi connectivity index (χ2n) is 1.48. The monoisotopic (exact) mass is 117 g/mol. The molecule has 4 heteroatoms. The van der Waals surface area contributed by atoms with Crippen LogP contribution < -0.4 is 11.6 Å². The quantitative estimate of drug-likeness (QED) is 0.187. The van der Waals surface area contributed by atoms with Crippen molar-refractivity contribution in [1.29, 1.82) is 0 Å². The zero-order valence-electron chi connectivity index (χ0n) is 4.83. The summed E-state index contributed by atoms with van der Waals surface area (Å²) in [7, 11) is 0. The molecule has 4 nitrogen and oxygen atoms in total. The average molecular weight is 117 g/mol. The Morgan fingerprint density at radius 2 is 2.38 bits per heavy atom. The van der Waals surface area contributed by atoms with Gasteiger partial charge in [-0.1, -0.05) is 6.92 Å². The standard InChI is InChI=1S/C4H11N3O/c1-2-3(8)4(5)7-6/h3,8H,2,6H2,1H3,(H2,5,7). The van der Waals surface area contributed by atoms with E-state index in [4.69, 9.17) is 16.7 Å². The molecule has 0 fully saturated rings. The molecule has 0 bridgehead atoms.